The molecule has 1 heterocycles. The molecule has 5 nitrogen and oxygen atoms in total. The highest BCUT2D eigenvalue weighted by atomic mass is 16.5. The van der Waals surface area contributed by atoms with Crippen LogP contribution in [-0.2, 0) is 9.53 Å². The second-order valence-electron chi connectivity index (χ2n) is 2.43. The molecule has 0 aromatic carbocycles. The maximum Gasteiger partial charge on any atom is 0.337 e. The predicted molar refractivity (Wildman–Crippen MR) is 41.7 cm³/mol. The first-order valence-corrected chi connectivity index (χ1v) is 3.64. The van der Waals surface area contributed by atoms with Crippen LogP contribution in [0.5, 0.6) is 0 Å². The molecule has 5 heteroatoms. The molecular weight excluding hydrogens is 176 g/mol. The second-order valence-corrected chi connectivity index (χ2v) is 2.43. The van der Waals surface area contributed by atoms with Crippen molar-refractivity contribution in [2.75, 3.05) is 7.11 Å². The monoisotopic (exact) mass is 186 g/mol. The molecule has 0 saturated carbocycles. The van der Waals surface area contributed by atoms with Gasteiger partial charge in [0.25, 0.3) is 0 Å². The van der Waals surface area contributed by atoms with Crippen LogP contribution in [-0.4, -0.2) is 29.4 Å². The second kappa shape index (κ2) is 4.06. The highest BCUT2D eigenvalue weighted by Crippen LogP contribution is 2.17. The minimum atomic E-state index is -1.61. The van der Waals surface area contributed by atoms with Crippen LogP contribution in [0.25, 0.3) is 0 Å². The van der Waals surface area contributed by atoms with Crippen molar-refractivity contribution < 1.29 is 24.2 Å². The van der Waals surface area contributed by atoms with Crippen LogP contribution < -0.4 is 0 Å². The highest BCUT2D eigenvalue weighted by Gasteiger charge is 2.28. The smallest absolute Gasteiger partial charge is 0.337 e. The zero-order valence-corrected chi connectivity index (χ0v) is 7.01. The van der Waals surface area contributed by atoms with Crippen molar-refractivity contribution in [1.29, 1.82) is 0 Å². The number of rotatable bonds is 3. The van der Waals surface area contributed by atoms with Gasteiger partial charge in [-0.2, -0.15) is 0 Å². The van der Waals surface area contributed by atoms with Gasteiger partial charge in [-0.05, 0) is 12.1 Å². The Bertz CT molecular complexity index is 266. The first-order chi connectivity index (χ1) is 6.16. The Morgan fingerprint density at radius 2 is 2.31 bits per heavy atom. The summed E-state index contributed by atoms with van der Waals surface area (Å²) in [5.41, 5.74) is 0. The molecule has 2 atom stereocenters. The van der Waals surface area contributed by atoms with Crippen LogP contribution in [0.15, 0.2) is 22.8 Å². The van der Waals surface area contributed by atoms with Crippen molar-refractivity contribution >= 4 is 5.97 Å². The molecule has 2 unspecified atom stereocenters. The van der Waals surface area contributed by atoms with Crippen LogP contribution in [0.2, 0.25) is 0 Å². The Morgan fingerprint density at radius 3 is 2.77 bits per heavy atom. The molecule has 0 amide bonds. The summed E-state index contributed by atoms with van der Waals surface area (Å²) < 4.78 is 9.03. The molecule has 1 aromatic heterocycles. The van der Waals surface area contributed by atoms with E-state index in [0.29, 0.717) is 0 Å². The standard InChI is InChI=1S/C8H10O5/c1-12-8(11)7(10)6(9)5-3-2-4-13-5/h2-4,6-7,9-10H,1H3. The van der Waals surface area contributed by atoms with Gasteiger partial charge in [-0.3, -0.25) is 0 Å². The lowest BCUT2D eigenvalue weighted by Gasteiger charge is -2.12. The van der Waals surface area contributed by atoms with E-state index in [9.17, 15) is 15.0 Å². The summed E-state index contributed by atoms with van der Waals surface area (Å²) in [5, 5.41) is 18.5. The van der Waals surface area contributed by atoms with Crippen molar-refractivity contribution in [3.05, 3.63) is 24.2 Å². The van der Waals surface area contributed by atoms with E-state index in [-0.39, 0.29) is 5.76 Å². The average molecular weight is 186 g/mol. The van der Waals surface area contributed by atoms with Gasteiger partial charge in [0.1, 0.15) is 11.9 Å². The zero-order valence-electron chi connectivity index (χ0n) is 7.01. The van der Waals surface area contributed by atoms with Gasteiger partial charge < -0.3 is 19.4 Å². The Balaban J connectivity index is 2.68. The van der Waals surface area contributed by atoms with Crippen molar-refractivity contribution in [3.63, 3.8) is 0 Å². The van der Waals surface area contributed by atoms with E-state index >= 15 is 0 Å². The molecule has 0 spiro atoms. The third-order valence-electron chi connectivity index (χ3n) is 1.58. The molecule has 1 aromatic rings. The maximum atomic E-state index is 10.8. The highest BCUT2D eigenvalue weighted by molar-refractivity contribution is 5.75. The lowest BCUT2D eigenvalue weighted by atomic mass is 10.1. The van der Waals surface area contributed by atoms with Crippen LogP contribution >= 0.6 is 0 Å². The molecule has 0 radical (unpaired) electrons. The van der Waals surface area contributed by atoms with Gasteiger partial charge in [-0.1, -0.05) is 0 Å². The van der Waals surface area contributed by atoms with E-state index in [1.807, 2.05) is 0 Å². The molecule has 0 fully saturated rings. The molecule has 13 heavy (non-hydrogen) atoms. The number of hydrogen-bond acceptors (Lipinski definition) is 5. The summed E-state index contributed by atoms with van der Waals surface area (Å²) in [4.78, 5) is 10.8. The molecule has 0 bridgehead atoms. The fourth-order valence-corrected chi connectivity index (χ4v) is 0.865. The number of furan rings is 1. The van der Waals surface area contributed by atoms with E-state index in [1.54, 1.807) is 6.07 Å². The Morgan fingerprint density at radius 1 is 1.62 bits per heavy atom. The zero-order chi connectivity index (χ0) is 9.84. The van der Waals surface area contributed by atoms with Gasteiger partial charge in [0.05, 0.1) is 13.4 Å². The fraction of sp³-hybridized carbons (Fsp3) is 0.375. The lowest BCUT2D eigenvalue weighted by molar-refractivity contribution is -0.157. The van der Waals surface area contributed by atoms with Gasteiger partial charge in [0.2, 0.25) is 0 Å². The maximum absolute atomic E-state index is 10.8. The van der Waals surface area contributed by atoms with Gasteiger partial charge in [-0.25, -0.2) is 4.79 Å². The largest absolute Gasteiger partial charge is 0.467 e. The lowest BCUT2D eigenvalue weighted by Crippen LogP contribution is -2.28. The number of aliphatic hydroxyl groups is 2. The van der Waals surface area contributed by atoms with E-state index in [0.717, 1.165) is 7.11 Å². The van der Waals surface area contributed by atoms with Crippen LogP contribution in [0.4, 0.5) is 0 Å². The Labute approximate surface area is 74.5 Å². The van der Waals surface area contributed by atoms with Crippen molar-refractivity contribution in [2.45, 2.75) is 12.2 Å². The Hall–Kier alpha value is -1.33. The number of esters is 1. The molecule has 0 aliphatic carbocycles. The number of ether oxygens (including phenoxy) is 1. The van der Waals surface area contributed by atoms with Gasteiger partial charge >= 0.3 is 5.97 Å². The number of hydrogen-bond donors (Lipinski definition) is 2. The summed E-state index contributed by atoms with van der Waals surface area (Å²) >= 11 is 0. The first kappa shape index (κ1) is 9.76. The SMILES string of the molecule is COC(=O)C(O)C(O)c1ccco1. The van der Waals surface area contributed by atoms with Gasteiger partial charge in [-0.15, -0.1) is 0 Å². The molecule has 0 aliphatic heterocycles. The minimum Gasteiger partial charge on any atom is -0.467 e. The summed E-state index contributed by atoms with van der Waals surface area (Å²) in [6.07, 6.45) is -1.67. The third-order valence-corrected chi connectivity index (χ3v) is 1.58. The van der Waals surface area contributed by atoms with Crippen LogP contribution in [0.1, 0.15) is 11.9 Å². The summed E-state index contributed by atoms with van der Waals surface area (Å²) in [6, 6.07) is 3.00. The number of carbonyl (C=O) groups excluding carboxylic acids is 1. The van der Waals surface area contributed by atoms with E-state index in [1.165, 1.54) is 12.3 Å². The summed E-state index contributed by atoms with van der Waals surface area (Å²) in [5.74, 6) is -0.776. The molecule has 0 aliphatic rings. The summed E-state index contributed by atoms with van der Waals surface area (Å²) in [7, 11) is 1.13. The number of methoxy groups -OCH3 is 1. The molecule has 1 rings (SSSR count). The van der Waals surface area contributed by atoms with Crippen molar-refractivity contribution in [3.8, 4) is 0 Å². The molecular formula is C8H10O5. The fourth-order valence-electron chi connectivity index (χ4n) is 0.865. The Kier molecular flexibility index (Phi) is 3.05. The number of aliphatic hydroxyl groups excluding tert-OH is 2. The first-order valence-electron chi connectivity index (χ1n) is 3.64. The van der Waals surface area contributed by atoms with Crippen LogP contribution in [0.3, 0.4) is 0 Å². The third kappa shape index (κ3) is 2.07. The minimum absolute atomic E-state index is 0.123. The van der Waals surface area contributed by atoms with Gasteiger partial charge in [0.15, 0.2) is 6.10 Å². The normalized spacial score (nSPS) is 15.0. The van der Waals surface area contributed by atoms with Gasteiger partial charge in [0, 0.05) is 0 Å². The molecule has 0 saturated heterocycles. The predicted octanol–water partition coefficient (Wildman–Crippen LogP) is -0.153. The van der Waals surface area contributed by atoms with E-state index in [2.05, 4.69) is 4.74 Å². The van der Waals surface area contributed by atoms with E-state index < -0.39 is 18.2 Å². The molecule has 2 N–H and O–H groups in total. The molecule has 72 valence electrons. The van der Waals surface area contributed by atoms with Crippen molar-refractivity contribution in [1.82, 2.24) is 0 Å². The summed E-state index contributed by atoms with van der Waals surface area (Å²) in [6.45, 7) is 0. The van der Waals surface area contributed by atoms with Crippen LogP contribution in [0, 0.1) is 0 Å². The quantitative estimate of drug-likeness (QED) is 0.641. The number of carbonyl (C=O) groups is 1. The average Bonchev–Trinajstić information content (AvgIpc) is 2.67. The van der Waals surface area contributed by atoms with E-state index in [4.69, 9.17) is 4.42 Å². The van der Waals surface area contributed by atoms with Crippen molar-refractivity contribution in [2.24, 2.45) is 0 Å². The topological polar surface area (TPSA) is 79.9 Å².